The normalized spacial score (nSPS) is 39.4. The lowest BCUT2D eigenvalue weighted by atomic mass is 9.72. The Kier molecular flexibility index (Phi) is 3.57. The predicted molar refractivity (Wildman–Crippen MR) is 72.1 cm³/mol. The topological polar surface area (TPSA) is 23.5 Å². The highest BCUT2D eigenvalue weighted by Crippen LogP contribution is 2.41. The minimum atomic E-state index is -0.379. The maximum Gasteiger partial charge on any atom is 0.0677 e. The van der Waals surface area contributed by atoms with E-state index in [4.69, 9.17) is 0 Å². The van der Waals surface area contributed by atoms with Gasteiger partial charge in [-0.15, -0.1) is 0 Å². The Hall–Kier alpha value is -0.0800. The smallest absolute Gasteiger partial charge is 0.0677 e. The third-order valence-corrected chi connectivity index (χ3v) is 4.80. The Bertz CT molecular complexity index is 255. The number of nitrogens with zero attached hydrogens (tertiary/aromatic N) is 1. The van der Waals surface area contributed by atoms with Crippen LogP contribution in [0.2, 0.25) is 0 Å². The lowest BCUT2D eigenvalue weighted by Crippen LogP contribution is -2.56. The maximum absolute atomic E-state index is 10.8. The summed E-state index contributed by atoms with van der Waals surface area (Å²) in [6.45, 7) is 6.81. The van der Waals surface area contributed by atoms with Crippen molar-refractivity contribution in [3.63, 3.8) is 0 Å². The summed E-state index contributed by atoms with van der Waals surface area (Å²) < 4.78 is 0. The van der Waals surface area contributed by atoms with E-state index in [1.807, 2.05) is 0 Å². The fraction of sp³-hybridized carbons (Fsp3) is 1.00. The number of piperidine rings is 2. The zero-order chi connectivity index (χ0) is 12.7. The summed E-state index contributed by atoms with van der Waals surface area (Å²) in [6, 6.07) is 1.26. The fourth-order valence-corrected chi connectivity index (χ4v) is 3.56. The average Bonchev–Trinajstić information content (AvgIpc) is 2.17. The molecule has 2 nitrogen and oxygen atoms in total. The quantitative estimate of drug-likeness (QED) is 0.800. The first kappa shape index (κ1) is 13.4. The van der Waals surface area contributed by atoms with Gasteiger partial charge in [0.25, 0.3) is 0 Å². The van der Waals surface area contributed by atoms with Gasteiger partial charge in [0, 0.05) is 12.1 Å². The van der Waals surface area contributed by atoms with Crippen LogP contribution in [-0.2, 0) is 0 Å². The average molecular weight is 239 g/mol. The molecular formula is C15H29NO. The van der Waals surface area contributed by atoms with Crippen molar-refractivity contribution in [2.24, 2.45) is 5.41 Å². The third-order valence-electron chi connectivity index (χ3n) is 4.80. The van der Waals surface area contributed by atoms with E-state index in [1.165, 1.54) is 19.3 Å². The Labute approximate surface area is 106 Å². The summed E-state index contributed by atoms with van der Waals surface area (Å²) in [5.41, 5.74) is -0.0380. The summed E-state index contributed by atoms with van der Waals surface area (Å²) in [5, 5.41) is 10.8. The van der Waals surface area contributed by atoms with E-state index in [0.717, 1.165) is 25.7 Å². The van der Waals surface area contributed by atoms with Crippen molar-refractivity contribution in [1.82, 2.24) is 4.90 Å². The number of hydrogen-bond acceptors (Lipinski definition) is 2. The molecule has 2 atom stereocenters. The minimum absolute atomic E-state index is 0.341. The lowest BCUT2D eigenvalue weighted by molar-refractivity contribution is -0.0909. The van der Waals surface area contributed by atoms with Crippen LogP contribution in [0.1, 0.15) is 65.7 Å². The van der Waals surface area contributed by atoms with E-state index in [-0.39, 0.29) is 5.60 Å². The van der Waals surface area contributed by atoms with Crippen LogP contribution in [0.3, 0.4) is 0 Å². The standard InChI is InChI=1S/C15H29NO/c1-14(2,3)8-9-15(17)10-12-6-5-7-13(11-15)16(12)4/h12-13,17H,5-11H2,1-4H3. The molecule has 2 aliphatic rings. The van der Waals surface area contributed by atoms with E-state index in [0.29, 0.717) is 17.5 Å². The third kappa shape index (κ3) is 3.23. The summed E-state index contributed by atoms with van der Waals surface area (Å²) in [4.78, 5) is 2.52. The highest BCUT2D eigenvalue weighted by atomic mass is 16.3. The first-order chi connectivity index (χ1) is 7.79. The van der Waals surface area contributed by atoms with Gasteiger partial charge in [0.2, 0.25) is 0 Å². The molecule has 1 N–H and O–H groups in total. The van der Waals surface area contributed by atoms with Crippen LogP contribution < -0.4 is 0 Å². The van der Waals surface area contributed by atoms with Gasteiger partial charge in [-0.3, -0.25) is 0 Å². The monoisotopic (exact) mass is 239 g/mol. The summed E-state index contributed by atoms with van der Waals surface area (Å²) in [7, 11) is 2.25. The van der Waals surface area contributed by atoms with Gasteiger partial charge in [-0.2, -0.15) is 0 Å². The van der Waals surface area contributed by atoms with Gasteiger partial charge in [0.15, 0.2) is 0 Å². The van der Waals surface area contributed by atoms with Crippen LogP contribution in [0.4, 0.5) is 0 Å². The van der Waals surface area contributed by atoms with E-state index in [9.17, 15) is 5.11 Å². The molecule has 2 rings (SSSR count). The van der Waals surface area contributed by atoms with Crippen LogP contribution >= 0.6 is 0 Å². The zero-order valence-electron chi connectivity index (χ0n) is 12.0. The molecule has 0 spiro atoms. The Morgan fingerprint density at radius 2 is 1.71 bits per heavy atom. The van der Waals surface area contributed by atoms with Gasteiger partial charge in [0.1, 0.15) is 0 Å². The number of rotatable bonds is 2. The van der Waals surface area contributed by atoms with Crippen LogP contribution in [-0.4, -0.2) is 34.7 Å². The van der Waals surface area contributed by atoms with Crippen LogP contribution in [0.5, 0.6) is 0 Å². The molecule has 2 unspecified atom stereocenters. The summed E-state index contributed by atoms with van der Waals surface area (Å²) in [5.74, 6) is 0. The van der Waals surface area contributed by atoms with E-state index >= 15 is 0 Å². The molecule has 0 amide bonds. The minimum Gasteiger partial charge on any atom is -0.390 e. The van der Waals surface area contributed by atoms with Crippen molar-refractivity contribution in [1.29, 1.82) is 0 Å². The first-order valence-corrected chi connectivity index (χ1v) is 7.23. The fourth-order valence-electron chi connectivity index (χ4n) is 3.56. The lowest BCUT2D eigenvalue weighted by Gasteiger charge is -2.51. The molecule has 0 aromatic heterocycles. The van der Waals surface area contributed by atoms with Gasteiger partial charge in [-0.05, 0) is 51.0 Å². The molecule has 2 heterocycles. The van der Waals surface area contributed by atoms with Gasteiger partial charge >= 0.3 is 0 Å². The predicted octanol–water partition coefficient (Wildman–Crippen LogP) is 3.19. The molecule has 2 saturated heterocycles. The van der Waals surface area contributed by atoms with Crippen molar-refractivity contribution >= 4 is 0 Å². The molecule has 2 fully saturated rings. The summed E-state index contributed by atoms with van der Waals surface area (Å²) >= 11 is 0. The van der Waals surface area contributed by atoms with Crippen LogP contribution in [0.15, 0.2) is 0 Å². The largest absolute Gasteiger partial charge is 0.390 e. The molecule has 2 aliphatic heterocycles. The van der Waals surface area contributed by atoms with Crippen LogP contribution in [0, 0.1) is 5.41 Å². The highest BCUT2D eigenvalue weighted by Gasteiger charge is 2.43. The molecular weight excluding hydrogens is 210 g/mol. The van der Waals surface area contributed by atoms with Crippen molar-refractivity contribution < 1.29 is 5.11 Å². The first-order valence-electron chi connectivity index (χ1n) is 7.23. The number of fused-ring (bicyclic) bond motifs is 2. The van der Waals surface area contributed by atoms with E-state index in [1.54, 1.807) is 0 Å². The van der Waals surface area contributed by atoms with Crippen molar-refractivity contribution in [2.45, 2.75) is 83.4 Å². The van der Waals surface area contributed by atoms with Gasteiger partial charge in [0.05, 0.1) is 5.60 Å². The van der Waals surface area contributed by atoms with Gasteiger partial charge < -0.3 is 10.0 Å². The summed E-state index contributed by atoms with van der Waals surface area (Å²) in [6.07, 6.45) is 8.03. The van der Waals surface area contributed by atoms with Crippen molar-refractivity contribution in [3.05, 3.63) is 0 Å². The van der Waals surface area contributed by atoms with Crippen molar-refractivity contribution in [3.8, 4) is 0 Å². The Morgan fingerprint density at radius 1 is 1.18 bits per heavy atom. The molecule has 2 bridgehead atoms. The molecule has 0 saturated carbocycles. The van der Waals surface area contributed by atoms with Gasteiger partial charge in [-0.25, -0.2) is 0 Å². The second-order valence-corrected chi connectivity index (χ2v) is 7.60. The van der Waals surface area contributed by atoms with E-state index < -0.39 is 0 Å². The molecule has 2 heteroatoms. The van der Waals surface area contributed by atoms with Gasteiger partial charge in [-0.1, -0.05) is 27.2 Å². The highest BCUT2D eigenvalue weighted by molar-refractivity contribution is 4.98. The second kappa shape index (κ2) is 4.55. The van der Waals surface area contributed by atoms with Crippen LogP contribution in [0.25, 0.3) is 0 Å². The molecule has 0 radical (unpaired) electrons. The zero-order valence-corrected chi connectivity index (χ0v) is 12.0. The Balaban J connectivity index is 1.97. The molecule has 0 aromatic carbocycles. The van der Waals surface area contributed by atoms with E-state index in [2.05, 4.69) is 32.7 Å². The van der Waals surface area contributed by atoms with Crippen molar-refractivity contribution in [2.75, 3.05) is 7.05 Å². The number of aliphatic hydroxyl groups is 1. The molecule has 0 aromatic rings. The number of hydrogen-bond donors (Lipinski definition) is 1. The second-order valence-electron chi connectivity index (χ2n) is 7.60. The maximum atomic E-state index is 10.8. The molecule has 17 heavy (non-hydrogen) atoms. The Morgan fingerprint density at radius 3 is 2.18 bits per heavy atom. The molecule has 100 valence electrons. The molecule has 0 aliphatic carbocycles. The SMILES string of the molecule is CN1C2CCCC1CC(O)(CCC(C)(C)C)C2.